The molecule has 1 aliphatic rings. The highest BCUT2D eigenvalue weighted by atomic mass is 16.5. The Labute approximate surface area is 132 Å². The van der Waals surface area contributed by atoms with Crippen LogP contribution in [0.1, 0.15) is 16.4 Å². The van der Waals surface area contributed by atoms with Crippen molar-refractivity contribution in [2.24, 2.45) is 0 Å². The number of nitrogens with one attached hydrogen (secondary N) is 1. The first-order valence-electron chi connectivity index (χ1n) is 7.65. The monoisotopic (exact) mass is 311 g/mol. The van der Waals surface area contributed by atoms with Crippen LogP contribution in [0.25, 0.3) is 11.0 Å². The van der Waals surface area contributed by atoms with Crippen molar-refractivity contribution in [3.8, 4) is 0 Å². The van der Waals surface area contributed by atoms with Crippen molar-refractivity contribution < 1.29 is 9.32 Å². The van der Waals surface area contributed by atoms with Crippen molar-refractivity contribution in [3.05, 3.63) is 48.1 Å². The van der Waals surface area contributed by atoms with E-state index >= 15 is 0 Å². The first-order chi connectivity index (χ1) is 11.3. The zero-order valence-electron chi connectivity index (χ0n) is 12.6. The summed E-state index contributed by atoms with van der Waals surface area (Å²) in [4.78, 5) is 24.2. The average molecular weight is 311 g/mol. The standard InChI is InChI=1S/C16H17N5O2/c22-16(14-5-6-17-23-14)21-9-7-20(8-10-21)11-15-18-12-3-1-2-4-13(12)19-15/h1-6H,7-11H2,(H,18,19). The normalized spacial score (nSPS) is 16.1. The molecule has 1 fully saturated rings. The number of carbonyl (C=O) groups is 1. The van der Waals surface area contributed by atoms with Crippen LogP contribution in [0.4, 0.5) is 0 Å². The lowest BCUT2D eigenvalue weighted by Crippen LogP contribution is -2.48. The van der Waals surface area contributed by atoms with Crippen LogP contribution in [0.3, 0.4) is 0 Å². The van der Waals surface area contributed by atoms with E-state index in [1.807, 2.05) is 24.3 Å². The van der Waals surface area contributed by atoms with Gasteiger partial charge in [0, 0.05) is 32.2 Å². The Bertz CT molecular complexity index is 770. The second-order valence-electron chi connectivity index (χ2n) is 5.65. The largest absolute Gasteiger partial charge is 0.351 e. The minimum absolute atomic E-state index is 0.0918. The summed E-state index contributed by atoms with van der Waals surface area (Å²) in [7, 11) is 0. The number of nitrogens with zero attached hydrogens (tertiary/aromatic N) is 4. The Balaban J connectivity index is 1.37. The van der Waals surface area contributed by atoms with Gasteiger partial charge in [0.15, 0.2) is 0 Å². The average Bonchev–Trinajstić information content (AvgIpc) is 3.24. The molecule has 0 aliphatic carbocycles. The van der Waals surface area contributed by atoms with Crippen LogP contribution in [0.15, 0.2) is 41.1 Å². The third-order valence-electron chi connectivity index (χ3n) is 4.12. The molecular formula is C16H17N5O2. The Morgan fingerprint density at radius 1 is 1.17 bits per heavy atom. The summed E-state index contributed by atoms with van der Waals surface area (Å²) in [5.41, 5.74) is 2.04. The molecule has 0 atom stereocenters. The van der Waals surface area contributed by atoms with Gasteiger partial charge in [-0.15, -0.1) is 0 Å². The van der Waals surface area contributed by atoms with E-state index in [4.69, 9.17) is 4.52 Å². The van der Waals surface area contributed by atoms with E-state index in [1.54, 1.807) is 11.0 Å². The van der Waals surface area contributed by atoms with Gasteiger partial charge >= 0.3 is 0 Å². The smallest absolute Gasteiger partial charge is 0.292 e. The summed E-state index contributed by atoms with van der Waals surface area (Å²) in [6.45, 7) is 3.76. The third-order valence-corrected chi connectivity index (χ3v) is 4.12. The molecule has 4 rings (SSSR count). The molecule has 0 saturated carbocycles. The van der Waals surface area contributed by atoms with Gasteiger partial charge in [0.05, 0.1) is 23.8 Å². The molecule has 118 valence electrons. The lowest BCUT2D eigenvalue weighted by Gasteiger charge is -2.33. The van der Waals surface area contributed by atoms with Gasteiger partial charge in [-0.25, -0.2) is 4.98 Å². The molecule has 3 heterocycles. The minimum Gasteiger partial charge on any atom is -0.351 e. The SMILES string of the molecule is O=C(c1ccno1)N1CCN(Cc2nc3ccccc3[nH]2)CC1. The molecule has 0 bridgehead atoms. The maximum atomic E-state index is 12.2. The summed E-state index contributed by atoms with van der Waals surface area (Å²) in [6.07, 6.45) is 1.49. The van der Waals surface area contributed by atoms with Crippen LogP contribution >= 0.6 is 0 Å². The van der Waals surface area contributed by atoms with E-state index < -0.39 is 0 Å². The number of aromatic amines is 1. The number of fused-ring (bicyclic) bond motifs is 1. The fourth-order valence-electron chi connectivity index (χ4n) is 2.88. The maximum absolute atomic E-state index is 12.2. The number of imidazole rings is 1. The number of carbonyl (C=O) groups excluding carboxylic acids is 1. The molecule has 1 saturated heterocycles. The molecule has 7 heteroatoms. The summed E-state index contributed by atoms with van der Waals surface area (Å²) in [5, 5.41) is 3.58. The number of hydrogen-bond donors (Lipinski definition) is 1. The van der Waals surface area contributed by atoms with Crippen molar-refractivity contribution in [2.45, 2.75) is 6.54 Å². The third kappa shape index (κ3) is 2.83. The molecule has 0 unspecified atom stereocenters. The van der Waals surface area contributed by atoms with E-state index in [0.717, 1.165) is 36.5 Å². The van der Waals surface area contributed by atoms with Crippen LogP contribution in [0.5, 0.6) is 0 Å². The second-order valence-corrected chi connectivity index (χ2v) is 5.65. The summed E-state index contributed by atoms with van der Waals surface area (Å²) < 4.78 is 4.93. The van der Waals surface area contributed by atoms with Gasteiger partial charge in [-0.05, 0) is 12.1 Å². The quantitative estimate of drug-likeness (QED) is 0.793. The fourth-order valence-corrected chi connectivity index (χ4v) is 2.88. The molecule has 7 nitrogen and oxygen atoms in total. The lowest BCUT2D eigenvalue weighted by molar-refractivity contribution is 0.0586. The van der Waals surface area contributed by atoms with Gasteiger partial charge in [-0.1, -0.05) is 17.3 Å². The lowest BCUT2D eigenvalue weighted by atomic mass is 10.3. The molecule has 1 N–H and O–H groups in total. The highest BCUT2D eigenvalue weighted by molar-refractivity contribution is 5.91. The number of para-hydroxylation sites is 2. The maximum Gasteiger partial charge on any atom is 0.292 e. The Morgan fingerprint density at radius 3 is 2.74 bits per heavy atom. The minimum atomic E-state index is -0.0918. The van der Waals surface area contributed by atoms with Gasteiger partial charge in [0.25, 0.3) is 5.91 Å². The van der Waals surface area contributed by atoms with Crippen LogP contribution in [-0.4, -0.2) is 57.0 Å². The summed E-state index contributed by atoms with van der Waals surface area (Å²) in [5.74, 6) is 1.17. The van der Waals surface area contributed by atoms with Crippen molar-refractivity contribution in [2.75, 3.05) is 26.2 Å². The van der Waals surface area contributed by atoms with E-state index in [9.17, 15) is 4.79 Å². The van der Waals surface area contributed by atoms with E-state index in [2.05, 4.69) is 20.0 Å². The van der Waals surface area contributed by atoms with Gasteiger partial charge < -0.3 is 14.4 Å². The van der Waals surface area contributed by atoms with Crippen LogP contribution in [-0.2, 0) is 6.54 Å². The van der Waals surface area contributed by atoms with E-state index in [0.29, 0.717) is 18.8 Å². The zero-order chi connectivity index (χ0) is 15.6. The summed E-state index contributed by atoms with van der Waals surface area (Å²) >= 11 is 0. The Kier molecular flexibility index (Phi) is 3.55. The number of hydrogen-bond acceptors (Lipinski definition) is 5. The van der Waals surface area contributed by atoms with Gasteiger partial charge in [-0.2, -0.15) is 0 Å². The van der Waals surface area contributed by atoms with Crippen molar-refractivity contribution in [1.29, 1.82) is 0 Å². The molecule has 23 heavy (non-hydrogen) atoms. The molecular weight excluding hydrogens is 294 g/mol. The van der Waals surface area contributed by atoms with Gasteiger partial charge in [0.2, 0.25) is 5.76 Å². The first kappa shape index (κ1) is 14.0. The van der Waals surface area contributed by atoms with Gasteiger partial charge in [-0.3, -0.25) is 9.69 Å². The molecule has 1 amide bonds. The Hall–Kier alpha value is -2.67. The van der Waals surface area contributed by atoms with E-state index in [-0.39, 0.29) is 5.91 Å². The number of aromatic nitrogens is 3. The van der Waals surface area contributed by atoms with Crippen molar-refractivity contribution in [3.63, 3.8) is 0 Å². The predicted octanol–water partition coefficient (Wildman–Crippen LogP) is 1.51. The number of benzene rings is 1. The topological polar surface area (TPSA) is 78.3 Å². The van der Waals surface area contributed by atoms with Crippen molar-refractivity contribution >= 4 is 16.9 Å². The summed E-state index contributed by atoms with van der Waals surface area (Å²) in [6, 6.07) is 9.62. The van der Waals surface area contributed by atoms with Gasteiger partial charge in [0.1, 0.15) is 5.82 Å². The van der Waals surface area contributed by atoms with Crippen molar-refractivity contribution in [1.82, 2.24) is 24.9 Å². The highest BCUT2D eigenvalue weighted by Gasteiger charge is 2.24. The number of piperazine rings is 1. The second kappa shape index (κ2) is 5.85. The Morgan fingerprint density at radius 2 is 2.00 bits per heavy atom. The zero-order valence-corrected chi connectivity index (χ0v) is 12.6. The van der Waals surface area contributed by atoms with E-state index in [1.165, 1.54) is 6.20 Å². The molecule has 3 aromatic rings. The van der Waals surface area contributed by atoms with Crippen LogP contribution in [0, 0.1) is 0 Å². The molecule has 1 aromatic carbocycles. The molecule has 1 aliphatic heterocycles. The molecule has 2 aromatic heterocycles. The number of H-pyrrole nitrogens is 1. The predicted molar refractivity (Wildman–Crippen MR) is 83.8 cm³/mol. The van der Waals surface area contributed by atoms with Crippen LogP contribution in [0.2, 0.25) is 0 Å². The first-order valence-corrected chi connectivity index (χ1v) is 7.65. The van der Waals surface area contributed by atoms with Crippen LogP contribution < -0.4 is 0 Å². The highest BCUT2D eigenvalue weighted by Crippen LogP contribution is 2.14. The molecule has 0 spiro atoms. The number of rotatable bonds is 3. The number of amides is 1. The molecule has 0 radical (unpaired) electrons. The fraction of sp³-hybridized carbons (Fsp3) is 0.312.